The lowest BCUT2D eigenvalue weighted by atomic mass is 10.2. The molecule has 1 N–H and O–H groups in total. The van der Waals surface area contributed by atoms with Crippen LogP contribution in [0.15, 0.2) is 64.6 Å². The SMILES string of the molecule is CSc1ccc(/C=N/NS(=O)(=O)Cc2ccccc2)cc1. The minimum atomic E-state index is -3.47. The van der Waals surface area contributed by atoms with E-state index in [1.807, 2.05) is 36.6 Å². The average molecular weight is 320 g/mol. The highest BCUT2D eigenvalue weighted by molar-refractivity contribution is 7.98. The normalized spacial score (nSPS) is 11.7. The average Bonchev–Trinajstić information content (AvgIpc) is 2.48. The Morgan fingerprint density at radius 2 is 1.76 bits per heavy atom. The first-order valence-electron chi connectivity index (χ1n) is 6.29. The minimum absolute atomic E-state index is 0.0867. The summed E-state index contributed by atoms with van der Waals surface area (Å²) in [6.45, 7) is 0. The number of rotatable bonds is 6. The molecular formula is C15H16N2O2S2. The van der Waals surface area contributed by atoms with Gasteiger partial charge in [0.15, 0.2) is 0 Å². The van der Waals surface area contributed by atoms with Crippen molar-refractivity contribution >= 4 is 28.0 Å². The van der Waals surface area contributed by atoms with Crippen LogP contribution in [0.5, 0.6) is 0 Å². The van der Waals surface area contributed by atoms with Gasteiger partial charge in [0.2, 0.25) is 0 Å². The number of hydrogen-bond donors (Lipinski definition) is 1. The first-order chi connectivity index (χ1) is 10.1. The Kier molecular flexibility index (Phi) is 5.41. The van der Waals surface area contributed by atoms with Crippen LogP contribution in [-0.4, -0.2) is 20.9 Å². The van der Waals surface area contributed by atoms with E-state index in [1.165, 1.54) is 6.21 Å². The summed E-state index contributed by atoms with van der Waals surface area (Å²) in [6, 6.07) is 16.7. The maximum Gasteiger partial charge on any atom is 0.251 e. The molecule has 0 aromatic heterocycles. The van der Waals surface area contributed by atoms with Crippen LogP contribution in [0.25, 0.3) is 0 Å². The van der Waals surface area contributed by atoms with E-state index in [2.05, 4.69) is 9.93 Å². The fourth-order valence-electron chi connectivity index (χ4n) is 1.70. The molecule has 0 spiro atoms. The van der Waals surface area contributed by atoms with Gasteiger partial charge in [0.25, 0.3) is 10.0 Å². The summed E-state index contributed by atoms with van der Waals surface area (Å²) < 4.78 is 23.7. The third-order valence-corrected chi connectivity index (χ3v) is 4.56. The van der Waals surface area contributed by atoms with Gasteiger partial charge in [-0.3, -0.25) is 0 Å². The van der Waals surface area contributed by atoms with Crippen molar-refractivity contribution in [1.82, 2.24) is 4.83 Å². The van der Waals surface area contributed by atoms with Crippen LogP contribution in [0.2, 0.25) is 0 Å². The zero-order chi connectivity index (χ0) is 15.1. The zero-order valence-corrected chi connectivity index (χ0v) is 13.2. The van der Waals surface area contributed by atoms with Crippen LogP contribution < -0.4 is 4.83 Å². The Hall–Kier alpha value is -1.79. The minimum Gasteiger partial charge on any atom is -0.205 e. The molecule has 110 valence electrons. The van der Waals surface area contributed by atoms with Gasteiger partial charge in [0, 0.05) is 4.90 Å². The van der Waals surface area contributed by atoms with Crippen molar-refractivity contribution < 1.29 is 8.42 Å². The number of sulfonamides is 1. The summed E-state index contributed by atoms with van der Waals surface area (Å²) in [5, 5.41) is 3.80. The second-order valence-electron chi connectivity index (χ2n) is 4.37. The lowest BCUT2D eigenvalue weighted by Crippen LogP contribution is -2.20. The Bertz CT molecular complexity index is 696. The van der Waals surface area contributed by atoms with Crippen molar-refractivity contribution in [2.45, 2.75) is 10.6 Å². The Balaban J connectivity index is 1.95. The number of thioether (sulfide) groups is 1. The molecule has 6 heteroatoms. The lowest BCUT2D eigenvalue weighted by Gasteiger charge is -2.03. The van der Waals surface area contributed by atoms with E-state index in [1.54, 1.807) is 36.0 Å². The fraction of sp³-hybridized carbons (Fsp3) is 0.133. The van der Waals surface area contributed by atoms with E-state index in [4.69, 9.17) is 0 Å². The van der Waals surface area contributed by atoms with Crippen LogP contribution in [-0.2, 0) is 15.8 Å². The topological polar surface area (TPSA) is 58.5 Å². The lowest BCUT2D eigenvalue weighted by molar-refractivity contribution is 0.584. The van der Waals surface area contributed by atoms with Gasteiger partial charge in [-0.1, -0.05) is 42.5 Å². The molecule has 2 aromatic rings. The van der Waals surface area contributed by atoms with Crippen LogP contribution >= 0.6 is 11.8 Å². The highest BCUT2D eigenvalue weighted by Crippen LogP contribution is 2.13. The van der Waals surface area contributed by atoms with E-state index in [0.717, 1.165) is 16.0 Å². The monoisotopic (exact) mass is 320 g/mol. The first-order valence-corrected chi connectivity index (χ1v) is 9.17. The van der Waals surface area contributed by atoms with Crippen LogP contribution in [0.4, 0.5) is 0 Å². The first kappa shape index (κ1) is 15.6. The van der Waals surface area contributed by atoms with Gasteiger partial charge in [0.1, 0.15) is 0 Å². The summed E-state index contributed by atoms with van der Waals surface area (Å²) in [5.74, 6) is -0.0867. The molecule has 0 unspecified atom stereocenters. The predicted molar refractivity (Wildman–Crippen MR) is 88.0 cm³/mol. The molecular weight excluding hydrogens is 304 g/mol. The summed E-state index contributed by atoms with van der Waals surface area (Å²) >= 11 is 1.65. The van der Waals surface area contributed by atoms with Gasteiger partial charge in [-0.15, -0.1) is 11.8 Å². The molecule has 0 saturated heterocycles. The number of nitrogens with zero attached hydrogens (tertiary/aromatic N) is 1. The number of benzene rings is 2. The van der Waals surface area contributed by atoms with Gasteiger partial charge < -0.3 is 0 Å². The molecule has 21 heavy (non-hydrogen) atoms. The van der Waals surface area contributed by atoms with Gasteiger partial charge in [-0.05, 0) is 29.5 Å². The molecule has 0 amide bonds. The molecule has 0 radical (unpaired) electrons. The molecule has 0 atom stereocenters. The van der Waals surface area contributed by atoms with Gasteiger partial charge in [-0.2, -0.15) is 5.10 Å². The van der Waals surface area contributed by atoms with Crippen molar-refractivity contribution in [3.8, 4) is 0 Å². The zero-order valence-electron chi connectivity index (χ0n) is 11.6. The Morgan fingerprint density at radius 1 is 1.10 bits per heavy atom. The number of nitrogens with one attached hydrogen (secondary N) is 1. The molecule has 0 saturated carbocycles. The van der Waals surface area contributed by atoms with E-state index < -0.39 is 10.0 Å². The maximum absolute atomic E-state index is 11.9. The van der Waals surface area contributed by atoms with Crippen molar-refractivity contribution in [1.29, 1.82) is 0 Å². The third-order valence-electron chi connectivity index (χ3n) is 2.72. The van der Waals surface area contributed by atoms with Crippen LogP contribution in [0, 0.1) is 0 Å². The van der Waals surface area contributed by atoms with E-state index in [9.17, 15) is 8.42 Å². The second-order valence-corrected chi connectivity index (χ2v) is 6.95. The Morgan fingerprint density at radius 3 is 2.38 bits per heavy atom. The molecule has 0 fully saturated rings. The Labute approximate surface area is 129 Å². The van der Waals surface area contributed by atoms with Crippen LogP contribution in [0.1, 0.15) is 11.1 Å². The maximum atomic E-state index is 11.9. The number of hydrazone groups is 1. The molecule has 0 aliphatic carbocycles. The molecule has 0 aliphatic heterocycles. The van der Waals surface area contributed by atoms with Gasteiger partial charge >= 0.3 is 0 Å². The molecule has 0 bridgehead atoms. The van der Waals surface area contributed by atoms with Crippen LogP contribution in [0.3, 0.4) is 0 Å². The molecule has 0 heterocycles. The van der Waals surface area contributed by atoms with Crippen molar-refractivity contribution in [3.05, 3.63) is 65.7 Å². The summed E-state index contributed by atoms with van der Waals surface area (Å²) in [6.07, 6.45) is 3.49. The van der Waals surface area contributed by atoms with E-state index >= 15 is 0 Å². The third kappa shape index (κ3) is 5.24. The van der Waals surface area contributed by atoms with Gasteiger partial charge in [-0.25, -0.2) is 13.2 Å². The molecule has 2 aromatic carbocycles. The molecule has 2 rings (SSSR count). The molecule has 4 nitrogen and oxygen atoms in total. The summed E-state index contributed by atoms with van der Waals surface area (Å²) in [5.41, 5.74) is 1.57. The molecule has 0 aliphatic rings. The van der Waals surface area contributed by atoms with Crippen molar-refractivity contribution in [3.63, 3.8) is 0 Å². The largest absolute Gasteiger partial charge is 0.251 e. The van der Waals surface area contributed by atoms with E-state index in [-0.39, 0.29) is 5.75 Å². The standard InChI is InChI=1S/C15H16N2O2S2/c1-20-15-9-7-13(8-10-15)11-16-17-21(18,19)12-14-5-3-2-4-6-14/h2-11,17H,12H2,1H3/b16-11+. The second kappa shape index (κ2) is 7.28. The summed E-state index contributed by atoms with van der Waals surface area (Å²) in [7, 11) is -3.47. The highest BCUT2D eigenvalue weighted by Gasteiger charge is 2.09. The fourth-order valence-corrected chi connectivity index (χ4v) is 3.01. The highest BCUT2D eigenvalue weighted by atomic mass is 32.2. The smallest absolute Gasteiger partial charge is 0.205 e. The number of hydrogen-bond acceptors (Lipinski definition) is 4. The summed E-state index contributed by atoms with van der Waals surface area (Å²) in [4.78, 5) is 3.37. The van der Waals surface area contributed by atoms with Gasteiger partial charge in [0.05, 0.1) is 12.0 Å². The van der Waals surface area contributed by atoms with E-state index in [0.29, 0.717) is 0 Å². The quantitative estimate of drug-likeness (QED) is 0.506. The van der Waals surface area contributed by atoms with Crippen molar-refractivity contribution in [2.75, 3.05) is 6.26 Å². The predicted octanol–water partition coefficient (Wildman–Crippen LogP) is 2.86. The van der Waals surface area contributed by atoms with Crippen molar-refractivity contribution in [2.24, 2.45) is 5.10 Å².